The molecule has 0 aromatic heterocycles. The molecule has 2 bridgehead atoms. The molecule has 2 unspecified atom stereocenters. The third kappa shape index (κ3) is 3.12. The fourth-order valence-corrected chi connectivity index (χ4v) is 3.36. The highest BCUT2D eigenvalue weighted by Crippen LogP contribution is 2.30. The number of piperidine rings is 1. The van der Waals surface area contributed by atoms with Crippen molar-refractivity contribution in [2.24, 2.45) is 0 Å². The molecule has 0 spiro atoms. The molecule has 1 N–H and O–H groups in total. The molecular weight excluding hydrogens is 312 g/mol. The van der Waals surface area contributed by atoms with E-state index in [2.05, 4.69) is 0 Å². The van der Waals surface area contributed by atoms with Gasteiger partial charge < -0.3 is 9.84 Å². The van der Waals surface area contributed by atoms with Crippen LogP contribution in [-0.2, 0) is 20.9 Å². The number of likely N-dealkylation sites (tertiary alicyclic amines) is 1. The van der Waals surface area contributed by atoms with Crippen molar-refractivity contribution in [3.8, 4) is 0 Å². The third-order valence-corrected chi connectivity index (χ3v) is 4.52. The van der Waals surface area contributed by atoms with Crippen molar-refractivity contribution in [3.05, 3.63) is 35.9 Å². The smallest absolute Gasteiger partial charge is 0.408 e. The predicted octanol–water partition coefficient (Wildman–Crippen LogP) is 1.47. The van der Waals surface area contributed by atoms with E-state index in [0.717, 1.165) is 10.5 Å². The van der Waals surface area contributed by atoms with Gasteiger partial charge in [0.05, 0.1) is 19.8 Å². The van der Waals surface area contributed by atoms with Gasteiger partial charge in [0.25, 0.3) is 11.8 Å². The molecule has 24 heavy (non-hydrogen) atoms. The van der Waals surface area contributed by atoms with Crippen molar-refractivity contribution >= 4 is 17.9 Å². The molecule has 2 fully saturated rings. The van der Waals surface area contributed by atoms with Crippen LogP contribution in [0.25, 0.3) is 0 Å². The van der Waals surface area contributed by atoms with E-state index < -0.39 is 30.0 Å². The van der Waals surface area contributed by atoms with Crippen LogP contribution >= 0.6 is 0 Å². The lowest BCUT2D eigenvalue weighted by Gasteiger charge is -2.46. The van der Waals surface area contributed by atoms with Gasteiger partial charge in [0, 0.05) is 0 Å². The van der Waals surface area contributed by atoms with Gasteiger partial charge in [-0.3, -0.25) is 19.4 Å². The van der Waals surface area contributed by atoms with Crippen molar-refractivity contribution in [3.63, 3.8) is 0 Å². The Bertz CT molecular complexity index is 609. The van der Waals surface area contributed by atoms with Crippen molar-refractivity contribution in [1.82, 2.24) is 9.80 Å². The van der Waals surface area contributed by atoms with Gasteiger partial charge in [-0.25, -0.2) is 4.79 Å². The summed E-state index contributed by atoms with van der Waals surface area (Å²) in [4.78, 5) is 38.5. The number of benzene rings is 1. The number of fused-ring (bicyclic) bond motifs is 2. The number of hydrogen-bond acceptors (Lipinski definition) is 4. The molecule has 0 saturated carbocycles. The van der Waals surface area contributed by atoms with Gasteiger partial charge in [0.1, 0.15) is 12.1 Å². The van der Waals surface area contributed by atoms with E-state index >= 15 is 0 Å². The minimum Gasteiger partial charge on any atom is -0.465 e. The quantitative estimate of drug-likeness (QED) is 0.652. The Morgan fingerprint density at radius 2 is 1.75 bits per heavy atom. The molecule has 2 aliphatic rings. The van der Waals surface area contributed by atoms with E-state index in [1.165, 1.54) is 4.90 Å². The maximum absolute atomic E-state index is 12.5. The number of carbonyl (C=O) groups excluding carboxylic acids is 2. The zero-order valence-electron chi connectivity index (χ0n) is 13.3. The molecule has 3 amide bonds. The Balaban J connectivity index is 1.59. The molecule has 2 aliphatic heterocycles. The van der Waals surface area contributed by atoms with Crippen LogP contribution in [-0.4, -0.2) is 58.0 Å². The summed E-state index contributed by atoms with van der Waals surface area (Å²) >= 11 is 0. The van der Waals surface area contributed by atoms with Crippen LogP contribution in [0, 0.1) is 0 Å². The molecule has 0 radical (unpaired) electrons. The Morgan fingerprint density at radius 3 is 2.33 bits per heavy atom. The summed E-state index contributed by atoms with van der Waals surface area (Å²) in [5.74, 6) is -0.858. The molecule has 2 saturated heterocycles. The minimum absolute atomic E-state index is 0.158. The average Bonchev–Trinajstić information content (AvgIpc) is 2.60. The normalized spacial score (nSPS) is 23.5. The van der Waals surface area contributed by atoms with Gasteiger partial charge in [-0.1, -0.05) is 30.3 Å². The highest BCUT2D eigenvalue weighted by atomic mass is 16.5. The molecule has 7 heteroatoms. The average molecular weight is 332 g/mol. The number of piperazine rings is 1. The Hall–Kier alpha value is -2.41. The summed E-state index contributed by atoms with van der Waals surface area (Å²) < 4.78 is 5.54. The largest absolute Gasteiger partial charge is 0.465 e. The van der Waals surface area contributed by atoms with E-state index in [1.807, 2.05) is 30.3 Å². The summed E-state index contributed by atoms with van der Waals surface area (Å²) in [5.41, 5.74) is 1.02. The topological polar surface area (TPSA) is 87.2 Å². The Labute approximate surface area is 139 Å². The summed E-state index contributed by atoms with van der Waals surface area (Å²) in [5, 5.41) is 9.28. The van der Waals surface area contributed by atoms with Gasteiger partial charge in [-0.2, -0.15) is 0 Å². The number of imide groups is 1. The van der Waals surface area contributed by atoms with Crippen LogP contribution < -0.4 is 0 Å². The standard InChI is InChI=1S/C17H20N2O5/c20-15-13-7-4-8-14(19(13)17(22)23)16(21)18(15)9-10-24-11-12-5-2-1-3-6-12/h1-3,5-6,13-14H,4,7-11H2,(H,22,23). The number of hydrogen-bond donors (Lipinski definition) is 1. The second-order valence-corrected chi connectivity index (χ2v) is 6.02. The molecule has 0 aliphatic carbocycles. The fraction of sp³-hybridized carbons (Fsp3) is 0.471. The molecule has 7 nitrogen and oxygen atoms in total. The fourth-order valence-electron chi connectivity index (χ4n) is 3.36. The third-order valence-electron chi connectivity index (χ3n) is 4.52. The lowest BCUT2D eigenvalue weighted by atomic mass is 9.90. The van der Waals surface area contributed by atoms with Crippen LogP contribution in [0.1, 0.15) is 24.8 Å². The lowest BCUT2D eigenvalue weighted by molar-refractivity contribution is -0.162. The van der Waals surface area contributed by atoms with E-state index in [0.29, 0.717) is 25.9 Å². The highest BCUT2D eigenvalue weighted by Gasteiger charge is 2.50. The molecule has 2 heterocycles. The molecular formula is C17H20N2O5. The van der Waals surface area contributed by atoms with E-state index in [1.54, 1.807) is 0 Å². The number of carboxylic acid groups (broad SMARTS) is 1. The van der Waals surface area contributed by atoms with E-state index in [4.69, 9.17) is 4.74 Å². The van der Waals surface area contributed by atoms with Gasteiger partial charge in [-0.05, 0) is 24.8 Å². The van der Waals surface area contributed by atoms with Crippen molar-refractivity contribution in [2.75, 3.05) is 13.2 Å². The first kappa shape index (κ1) is 16.4. The maximum Gasteiger partial charge on any atom is 0.408 e. The second kappa shape index (κ2) is 7.00. The number of carbonyl (C=O) groups is 3. The highest BCUT2D eigenvalue weighted by molar-refractivity contribution is 6.05. The molecule has 1 aromatic carbocycles. The first-order valence-corrected chi connectivity index (χ1v) is 8.07. The van der Waals surface area contributed by atoms with E-state index in [9.17, 15) is 19.5 Å². The Kier molecular flexibility index (Phi) is 4.80. The molecule has 1 aromatic rings. The summed E-state index contributed by atoms with van der Waals surface area (Å²) in [6.07, 6.45) is 0.424. The molecule has 128 valence electrons. The number of amides is 3. The molecule has 3 rings (SSSR count). The van der Waals surface area contributed by atoms with Crippen LogP contribution in [0.4, 0.5) is 4.79 Å². The monoisotopic (exact) mass is 332 g/mol. The predicted molar refractivity (Wildman–Crippen MR) is 84.1 cm³/mol. The van der Waals surface area contributed by atoms with E-state index in [-0.39, 0.29) is 13.2 Å². The maximum atomic E-state index is 12.5. The van der Waals surface area contributed by atoms with Crippen LogP contribution in [0.3, 0.4) is 0 Å². The number of rotatable bonds is 5. The first-order valence-electron chi connectivity index (χ1n) is 8.07. The van der Waals surface area contributed by atoms with Crippen LogP contribution in [0.2, 0.25) is 0 Å². The number of ether oxygens (including phenoxy) is 1. The minimum atomic E-state index is -1.20. The van der Waals surface area contributed by atoms with Gasteiger partial charge in [-0.15, -0.1) is 0 Å². The zero-order chi connectivity index (χ0) is 17.1. The second-order valence-electron chi connectivity index (χ2n) is 6.02. The van der Waals surface area contributed by atoms with Gasteiger partial charge in [0.15, 0.2) is 0 Å². The molecule has 2 atom stereocenters. The van der Waals surface area contributed by atoms with Gasteiger partial charge in [0.2, 0.25) is 0 Å². The Morgan fingerprint density at radius 1 is 1.12 bits per heavy atom. The van der Waals surface area contributed by atoms with Crippen LogP contribution in [0.5, 0.6) is 0 Å². The summed E-state index contributed by atoms with van der Waals surface area (Å²) in [6, 6.07) is 8.14. The van der Waals surface area contributed by atoms with Gasteiger partial charge >= 0.3 is 6.09 Å². The summed E-state index contributed by atoms with van der Waals surface area (Å²) in [6.45, 7) is 0.801. The summed E-state index contributed by atoms with van der Waals surface area (Å²) in [7, 11) is 0. The zero-order valence-corrected chi connectivity index (χ0v) is 13.3. The first-order chi connectivity index (χ1) is 11.6. The van der Waals surface area contributed by atoms with Crippen LogP contribution in [0.15, 0.2) is 30.3 Å². The van der Waals surface area contributed by atoms with Crippen molar-refractivity contribution in [1.29, 1.82) is 0 Å². The SMILES string of the molecule is O=C1C2CCCC(C(=O)N1CCOCc1ccccc1)N2C(=O)O. The number of nitrogens with zero attached hydrogens (tertiary/aromatic N) is 2. The van der Waals surface area contributed by atoms with Crippen molar-refractivity contribution < 1.29 is 24.2 Å². The van der Waals surface area contributed by atoms with Crippen molar-refractivity contribution in [2.45, 2.75) is 38.0 Å². The lowest BCUT2D eigenvalue weighted by Crippen LogP contribution is -2.68.